The fourth-order valence-corrected chi connectivity index (χ4v) is 2.58. The summed E-state index contributed by atoms with van der Waals surface area (Å²) in [5.41, 5.74) is 5.11. The van der Waals surface area contributed by atoms with Gasteiger partial charge in [-0.25, -0.2) is 0 Å². The number of methoxy groups -OCH3 is 3. The van der Waals surface area contributed by atoms with Gasteiger partial charge in [-0.2, -0.15) is 0 Å². The van der Waals surface area contributed by atoms with Crippen molar-refractivity contribution in [3.05, 3.63) is 63.1 Å². The van der Waals surface area contributed by atoms with Crippen LogP contribution in [0.4, 0.5) is 0 Å². The van der Waals surface area contributed by atoms with E-state index in [0.717, 1.165) is 27.6 Å². The molecule has 0 atom stereocenters. The van der Waals surface area contributed by atoms with Gasteiger partial charge in [-0.1, -0.05) is 11.6 Å². The van der Waals surface area contributed by atoms with E-state index < -0.39 is 0 Å². The van der Waals surface area contributed by atoms with Crippen LogP contribution < -0.4 is 10.7 Å². The summed E-state index contributed by atoms with van der Waals surface area (Å²) >= 11 is 5.97. The molecule has 1 aromatic carbocycles. The van der Waals surface area contributed by atoms with E-state index in [1.807, 2.05) is 48.9 Å². The zero-order valence-electron chi connectivity index (χ0n) is 13.9. The molecule has 0 aliphatic carbocycles. The van der Waals surface area contributed by atoms with Crippen molar-refractivity contribution >= 4 is 23.1 Å². The van der Waals surface area contributed by atoms with E-state index in [2.05, 4.69) is 5.73 Å². The molecule has 0 radical (unpaired) electrons. The molecule has 0 fully saturated rings. The van der Waals surface area contributed by atoms with E-state index in [1.165, 1.54) is 0 Å². The van der Waals surface area contributed by atoms with Crippen molar-refractivity contribution in [2.24, 2.45) is 7.05 Å². The molecular formula is C18H20ClNO3. The highest BCUT2D eigenvalue weighted by Crippen LogP contribution is 2.16. The monoisotopic (exact) mass is 333 g/mol. The van der Waals surface area contributed by atoms with Crippen LogP contribution in [0.3, 0.4) is 0 Å². The number of ether oxygens (including phenoxy) is 3. The molecule has 1 aromatic heterocycles. The van der Waals surface area contributed by atoms with E-state index >= 15 is 0 Å². The maximum Gasteiger partial charge on any atom is 0.329 e. The summed E-state index contributed by atoms with van der Waals surface area (Å²) in [7, 11) is 6.69. The predicted molar refractivity (Wildman–Crippen MR) is 91.3 cm³/mol. The molecule has 23 heavy (non-hydrogen) atoms. The van der Waals surface area contributed by atoms with Gasteiger partial charge in [0.15, 0.2) is 0 Å². The smallest absolute Gasteiger partial charge is 0.329 e. The van der Waals surface area contributed by atoms with Crippen molar-refractivity contribution in [1.82, 2.24) is 4.57 Å². The van der Waals surface area contributed by atoms with Crippen LogP contribution in [0.25, 0.3) is 11.5 Å². The second-order valence-corrected chi connectivity index (χ2v) is 5.42. The third-order valence-corrected chi connectivity index (χ3v) is 3.80. The third kappa shape index (κ3) is 3.55. The fourth-order valence-electron chi connectivity index (χ4n) is 2.45. The maximum atomic E-state index is 5.97. The zero-order chi connectivity index (χ0) is 17.0. The first-order valence-corrected chi connectivity index (χ1v) is 7.45. The summed E-state index contributed by atoms with van der Waals surface area (Å²) in [4.78, 5) is 0. The fraction of sp³-hybridized carbons (Fsp3) is 0.278. The Labute approximate surface area is 140 Å². The number of halogens is 1. The summed E-state index contributed by atoms with van der Waals surface area (Å²) in [6.45, 7) is 2.02. The van der Waals surface area contributed by atoms with E-state index in [4.69, 9.17) is 25.8 Å². The maximum absolute atomic E-state index is 5.97. The van der Waals surface area contributed by atoms with Gasteiger partial charge in [0.2, 0.25) is 0 Å². The number of rotatable bonds is 4. The minimum atomic E-state index is 0.322. The normalized spacial score (nSPS) is 11.6. The van der Waals surface area contributed by atoms with E-state index in [1.54, 1.807) is 21.3 Å². The molecular weight excluding hydrogens is 314 g/mol. The second-order valence-electron chi connectivity index (χ2n) is 4.98. The van der Waals surface area contributed by atoms with Crippen molar-refractivity contribution in [3.8, 4) is 0 Å². The Hall–Kier alpha value is -2.29. The molecule has 5 heteroatoms. The lowest BCUT2D eigenvalue weighted by Crippen LogP contribution is -2.26. The van der Waals surface area contributed by atoms with E-state index in [0.29, 0.717) is 11.0 Å². The molecule has 122 valence electrons. The predicted octanol–water partition coefficient (Wildman–Crippen LogP) is 2.30. The SMILES string of the molecule is COC(=C=c1cc(C)/c(=C(/OC)c2ccc(Cl)cc2)n1C)OC. The largest absolute Gasteiger partial charge is 0.494 e. The van der Waals surface area contributed by atoms with Crippen molar-refractivity contribution in [2.45, 2.75) is 6.92 Å². The summed E-state index contributed by atoms with van der Waals surface area (Å²) in [5.74, 6) is 1.09. The Morgan fingerprint density at radius 3 is 2.17 bits per heavy atom. The topological polar surface area (TPSA) is 32.6 Å². The van der Waals surface area contributed by atoms with Gasteiger partial charge in [0, 0.05) is 17.6 Å². The standard InChI is InChI=1S/C18H20ClNO3/c1-12-10-15(11-16(21-3)22-4)20(2)17(12)18(23-5)13-6-8-14(19)9-7-13/h6-10H,1-5H3/b18-17-. The lowest BCUT2D eigenvalue weighted by Gasteiger charge is -2.08. The van der Waals surface area contributed by atoms with Crippen LogP contribution in [-0.2, 0) is 21.3 Å². The molecule has 2 aromatic rings. The van der Waals surface area contributed by atoms with Gasteiger partial charge in [-0.05, 0) is 48.6 Å². The Kier molecular flexibility index (Phi) is 5.43. The highest BCUT2D eigenvalue weighted by molar-refractivity contribution is 6.30. The van der Waals surface area contributed by atoms with Crippen molar-refractivity contribution in [3.63, 3.8) is 0 Å². The lowest BCUT2D eigenvalue weighted by atomic mass is 10.1. The van der Waals surface area contributed by atoms with Gasteiger partial charge >= 0.3 is 5.95 Å². The average molecular weight is 334 g/mol. The van der Waals surface area contributed by atoms with Crippen molar-refractivity contribution in [2.75, 3.05) is 21.3 Å². The summed E-state index contributed by atoms with van der Waals surface area (Å²) < 4.78 is 17.9. The Balaban J connectivity index is 2.83. The first kappa shape index (κ1) is 17.1. The van der Waals surface area contributed by atoms with E-state index in [-0.39, 0.29) is 0 Å². The highest BCUT2D eigenvalue weighted by Gasteiger charge is 2.09. The molecule has 0 amide bonds. The van der Waals surface area contributed by atoms with Crippen LogP contribution in [0.2, 0.25) is 5.02 Å². The minimum absolute atomic E-state index is 0.322. The molecule has 4 nitrogen and oxygen atoms in total. The van der Waals surface area contributed by atoms with Crippen LogP contribution in [0.5, 0.6) is 0 Å². The number of hydrogen-bond acceptors (Lipinski definition) is 3. The molecule has 1 heterocycles. The lowest BCUT2D eigenvalue weighted by molar-refractivity contribution is 0.101. The number of hydrogen-bond donors (Lipinski definition) is 0. The molecule has 0 unspecified atom stereocenters. The van der Waals surface area contributed by atoms with Gasteiger partial charge in [-0.3, -0.25) is 0 Å². The second kappa shape index (κ2) is 7.32. The van der Waals surface area contributed by atoms with Crippen molar-refractivity contribution < 1.29 is 14.2 Å². The third-order valence-electron chi connectivity index (χ3n) is 3.55. The zero-order valence-corrected chi connectivity index (χ0v) is 14.7. The Morgan fingerprint density at radius 1 is 1.04 bits per heavy atom. The van der Waals surface area contributed by atoms with Gasteiger partial charge in [0.25, 0.3) is 0 Å². The highest BCUT2D eigenvalue weighted by atomic mass is 35.5. The molecule has 0 saturated heterocycles. The molecule has 0 saturated carbocycles. The average Bonchev–Trinajstić information content (AvgIpc) is 2.82. The Morgan fingerprint density at radius 2 is 1.65 bits per heavy atom. The van der Waals surface area contributed by atoms with E-state index in [9.17, 15) is 0 Å². The molecule has 0 spiro atoms. The quantitative estimate of drug-likeness (QED) is 0.805. The van der Waals surface area contributed by atoms with Gasteiger partial charge in [-0.15, -0.1) is 0 Å². The van der Waals surface area contributed by atoms with Crippen LogP contribution in [0.15, 0.2) is 36.3 Å². The van der Waals surface area contributed by atoms with Crippen LogP contribution in [-0.4, -0.2) is 25.9 Å². The van der Waals surface area contributed by atoms with Crippen LogP contribution in [0, 0.1) is 6.92 Å². The number of benzene rings is 1. The molecule has 0 N–H and O–H groups in total. The molecule has 0 aliphatic heterocycles. The first-order valence-electron chi connectivity index (χ1n) is 7.07. The summed E-state index contributed by atoms with van der Waals surface area (Å²) in [5, 5.41) is 2.48. The van der Waals surface area contributed by atoms with Crippen molar-refractivity contribution in [1.29, 1.82) is 0 Å². The molecule has 2 rings (SSSR count). The van der Waals surface area contributed by atoms with Gasteiger partial charge in [0.1, 0.15) is 5.76 Å². The minimum Gasteiger partial charge on any atom is -0.494 e. The summed E-state index contributed by atoms with van der Waals surface area (Å²) in [6.07, 6.45) is 0. The van der Waals surface area contributed by atoms with Gasteiger partial charge in [0.05, 0.1) is 32.0 Å². The van der Waals surface area contributed by atoms with Crippen LogP contribution in [0.1, 0.15) is 11.1 Å². The molecule has 0 aliphatic rings. The molecule has 0 bridgehead atoms. The number of aromatic nitrogens is 1. The van der Waals surface area contributed by atoms with Gasteiger partial charge < -0.3 is 18.8 Å². The summed E-state index contributed by atoms with van der Waals surface area (Å²) in [6, 6.07) is 9.55. The number of nitrogens with zero attached hydrogens (tertiary/aromatic N) is 1. The van der Waals surface area contributed by atoms with Crippen LogP contribution >= 0.6 is 11.6 Å². The number of aryl methyl sites for hydroxylation is 1. The Bertz CT molecular complexity index is 838. The first-order chi connectivity index (χ1) is 11.0.